The quantitative estimate of drug-likeness (QED) is 0.321. The summed E-state index contributed by atoms with van der Waals surface area (Å²) in [5, 5.41) is 3.99. The van der Waals surface area contributed by atoms with E-state index in [1.165, 1.54) is 0 Å². The molecule has 0 spiro atoms. The van der Waals surface area contributed by atoms with Crippen LogP contribution in [-0.4, -0.2) is 32.8 Å². The van der Waals surface area contributed by atoms with Gasteiger partial charge < -0.3 is 18.4 Å². The minimum Gasteiger partial charge on any atom is -0.493 e. The summed E-state index contributed by atoms with van der Waals surface area (Å²) in [6.45, 7) is 4.25. The zero-order valence-corrected chi connectivity index (χ0v) is 20.3. The molecule has 0 bridgehead atoms. The standard InChI is InChI=1S/C25H26N2O6S/c1-16(2)13-17-5-9-20(10-6-17)34(28,29)15-19-8-12-22(32-19)25-26-24(27-33-25)18-7-11-21(30-3)23(14-18)31-4/h5-12,14,16H,13,15H2,1-4H3. The molecule has 0 aliphatic carbocycles. The van der Waals surface area contributed by atoms with Gasteiger partial charge >= 0.3 is 0 Å². The second kappa shape index (κ2) is 9.72. The first-order valence-electron chi connectivity index (χ1n) is 10.8. The fraction of sp³-hybridized carbons (Fsp3) is 0.280. The normalized spacial score (nSPS) is 11.7. The Balaban J connectivity index is 1.50. The Labute approximate surface area is 198 Å². The van der Waals surface area contributed by atoms with E-state index in [-0.39, 0.29) is 28.1 Å². The van der Waals surface area contributed by atoms with Crippen molar-refractivity contribution in [3.63, 3.8) is 0 Å². The summed E-state index contributed by atoms with van der Waals surface area (Å²) in [4.78, 5) is 4.62. The number of aromatic nitrogens is 2. The van der Waals surface area contributed by atoms with Crippen LogP contribution in [0, 0.1) is 5.92 Å². The third kappa shape index (κ3) is 5.14. The maximum absolute atomic E-state index is 12.8. The zero-order chi connectivity index (χ0) is 24.3. The first-order chi connectivity index (χ1) is 16.3. The lowest BCUT2D eigenvalue weighted by atomic mass is 10.0. The number of rotatable bonds is 9. The van der Waals surface area contributed by atoms with Crippen LogP contribution >= 0.6 is 0 Å². The molecule has 2 aromatic heterocycles. The molecule has 2 heterocycles. The molecule has 0 amide bonds. The fourth-order valence-electron chi connectivity index (χ4n) is 3.56. The van der Waals surface area contributed by atoms with Crippen LogP contribution in [0.4, 0.5) is 0 Å². The lowest BCUT2D eigenvalue weighted by Gasteiger charge is -2.07. The Bertz CT molecular complexity index is 1370. The molecule has 0 unspecified atom stereocenters. The minimum atomic E-state index is -3.57. The van der Waals surface area contributed by atoms with E-state index >= 15 is 0 Å². The molecule has 0 N–H and O–H groups in total. The predicted molar refractivity (Wildman–Crippen MR) is 126 cm³/mol. The number of hydrogen-bond donors (Lipinski definition) is 0. The zero-order valence-electron chi connectivity index (χ0n) is 19.4. The molecule has 2 aromatic carbocycles. The van der Waals surface area contributed by atoms with E-state index in [4.69, 9.17) is 18.4 Å². The van der Waals surface area contributed by atoms with Crippen molar-refractivity contribution < 1.29 is 26.8 Å². The van der Waals surface area contributed by atoms with Gasteiger partial charge in [0.2, 0.25) is 5.82 Å². The van der Waals surface area contributed by atoms with E-state index in [1.54, 1.807) is 56.7 Å². The van der Waals surface area contributed by atoms with Crippen LogP contribution < -0.4 is 9.47 Å². The van der Waals surface area contributed by atoms with Gasteiger partial charge in [-0.3, -0.25) is 0 Å². The number of sulfone groups is 1. The summed E-state index contributed by atoms with van der Waals surface area (Å²) in [6, 6.07) is 15.5. The minimum absolute atomic E-state index is 0.145. The van der Waals surface area contributed by atoms with Crippen LogP contribution in [0.5, 0.6) is 11.5 Å². The highest BCUT2D eigenvalue weighted by Crippen LogP contribution is 2.32. The summed E-state index contributed by atoms with van der Waals surface area (Å²) < 4.78 is 47.3. The summed E-state index contributed by atoms with van der Waals surface area (Å²) in [6.07, 6.45) is 0.900. The van der Waals surface area contributed by atoms with Gasteiger partial charge in [0, 0.05) is 5.56 Å². The van der Waals surface area contributed by atoms with E-state index in [0.717, 1.165) is 12.0 Å². The van der Waals surface area contributed by atoms with Crippen LogP contribution in [0.25, 0.3) is 23.0 Å². The first kappa shape index (κ1) is 23.6. The molecule has 0 radical (unpaired) electrons. The van der Waals surface area contributed by atoms with Crippen molar-refractivity contribution in [2.24, 2.45) is 5.92 Å². The number of benzene rings is 2. The molecule has 0 atom stereocenters. The maximum atomic E-state index is 12.8. The van der Waals surface area contributed by atoms with Gasteiger partial charge in [-0.1, -0.05) is 31.1 Å². The number of ether oxygens (including phenoxy) is 2. The average molecular weight is 483 g/mol. The Morgan fingerprint density at radius 2 is 1.68 bits per heavy atom. The van der Waals surface area contributed by atoms with Crippen molar-refractivity contribution in [2.45, 2.75) is 30.9 Å². The lowest BCUT2D eigenvalue weighted by molar-refractivity contribution is 0.355. The highest BCUT2D eigenvalue weighted by Gasteiger charge is 2.20. The summed E-state index contributed by atoms with van der Waals surface area (Å²) >= 11 is 0. The van der Waals surface area contributed by atoms with Crippen LogP contribution in [0.1, 0.15) is 25.2 Å². The molecule has 34 heavy (non-hydrogen) atoms. The predicted octanol–water partition coefficient (Wildman–Crippen LogP) is 5.19. The average Bonchev–Trinajstić information content (AvgIpc) is 3.48. The molecule has 4 aromatic rings. The van der Waals surface area contributed by atoms with Crippen molar-refractivity contribution in [3.8, 4) is 34.5 Å². The lowest BCUT2D eigenvalue weighted by Crippen LogP contribution is -2.04. The molecule has 8 nitrogen and oxygen atoms in total. The van der Waals surface area contributed by atoms with Crippen molar-refractivity contribution in [1.82, 2.24) is 10.1 Å². The van der Waals surface area contributed by atoms with Gasteiger partial charge in [0.15, 0.2) is 27.1 Å². The van der Waals surface area contributed by atoms with Gasteiger partial charge in [0.25, 0.3) is 5.89 Å². The Kier molecular flexibility index (Phi) is 6.74. The highest BCUT2D eigenvalue weighted by atomic mass is 32.2. The van der Waals surface area contributed by atoms with Crippen LogP contribution in [-0.2, 0) is 22.0 Å². The molecule has 178 valence electrons. The summed E-state index contributed by atoms with van der Waals surface area (Å²) in [7, 11) is -0.466. The fourth-order valence-corrected chi connectivity index (χ4v) is 4.81. The van der Waals surface area contributed by atoms with E-state index < -0.39 is 9.84 Å². The first-order valence-corrected chi connectivity index (χ1v) is 12.4. The van der Waals surface area contributed by atoms with Crippen LogP contribution in [0.2, 0.25) is 0 Å². The van der Waals surface area contributed by atoms with Gasteiger partial charge in [-0.25, -0.2) is 8.42 Å². The van der Waals surface area contributed by atoms with Gasteiger partial charge in [-0.2, -0.15) is 4.98 Å². The third-order valence-corrected chi connectivity index (χ3v) is 6.85. The van der Waals surface area contributed by atoms with E-state index in [1.807, 2.05) is 12.1 Å². The van der Waals surface area contributed by atoms with Gasteiger partial charge in [-0.15, -0.1) is 0 Å². The molecular formula is C25H26N2O6S. The van der Waals surface area contributed by atoms with Crippen molar-refractivity contribution >= 4 is 9.84 Å². The highest BCUT2D eigenvalue weighted by molar-refractivity contribution is 7.90. The second-order valence-electron chi connectivity index (χ2n) is 8.26. The van der Waals surface area contributed by atoms with E-state index in [9.17, 15) is 8.42 Å². The number of nitrogens with zero attached hydrogens (tertiary/aromatic N) is 2. The molecule has 0 saturated carbocycles. The third-order valence-electron chi connectivity index (χ3n) is 5.20. The van der Waals surface area contributed by atoms with Gasteiger partial charge in [-0.05, 0) is 60.4 Å². The molecule has 0 fully saturated rings. The number of hydrogen-bond acceptors (Lipinski definition) is 8. The number of furan rings is 1. The number of methoxy groups -OCH3 is 2. The summed E-state index contributed by atoms with van der Waals surface area (Å²) in [5.41, 5.74) is 1.78. The maximum Gasteiger partial charge on any atom is 0.293 e. The van der Waals surface area contributed by atoms with Crippen molar-refractivity contribution in [2.75, 3.05) is 14.2 Å². The van der Waals surface area contributed by atoms with Crippen LogP contribution in [0.3, 0.4) is 0 Å². The van der Waals surface area contributed by atoms with Crippen molar-refractivity contribution in [1.29, 1.82) is 0 Å². The van der Waals surface area contributed by atoms with Gasteiger partial charge in [0.1, 0.15) is 11.5 Å². The molecule has 0 saturated heterocycles. The second-order valence-corrected chi connectivity index (χ2v) is 10.2. The van der Waals surface area contributed by atoms with Gasteiger partial charge in [0.05, 0.1) is 19.1 Å². The van der Waals surface area contributed by atoms with Crippen LogP contribution in [0.15, 0.2) is 68.4 Å². The molecule has 0 aliphatic heterocycles. The topological polar surface area (TPSA) is 105 Å². The molecule has 9 heteroatoms. The molecule has 0 aliphatic rings. The Hall–Kier alpha value is -3.59. The molecular weight excluding hydrogens is 456 g/mol. The largest absolute Gasteiger partial charge is 0.493 e. The SMILES string of the molecule is COc1ccc(-c2noc(-c3ccc(CS(=O)(=O)c4ccc(CC(C)C)cc4)o3)n2)cc1OC. The summed E-state index contributed by atoms with van der Waals surface area (Å²) in [5.74, 6) is 2.41. The monoisotopic (exact) mass is 482 g/mol. The van der Waals surface area contributed by atoms with Crippen molar-refractivity contribution in [3.05, 3.63) is 65.9 Å². The smallest absolute Gasteiger partial charge is 0.293 e. The van der Waals surface area contributed by atoms with E-state index in [2.05, 4.69) is 24.0 Å². The molecule has 4 rings (SSSR count). The Morgan fingerprint density at radius 3 is 2.35 bits per heavy atom. The van der Waals surface area contributed by atoms with E-state index in [0.29, 0.717) is 28.8 Å². The Morgan fingerprint density at radius 1 is 0.941 bits per heavy atom.